The van der Waals surface area contributed by atoms with Crippen molar-refractivity contribution in [3.8, 4) is 33.4 Å². The van der Waals surface area contributed by atoms with Crippen molar-refractivity contribution in [3.63, 3.8) is 0 Å². The molecule has 0 radical (unpaired) electrons. The second-order valence-electron chi connectivity index (χ2n) is 16.1. The Balaban J connectivity index is 1.04. The van der Waals surface area contributed by atoms with Crippen molar-refractivity contribution in [2.45, 2.75) is 19.3 Å². The van der Waals surface area contributed by atoms with Crippen molar-refractivity contribution in [2.24, 2.45) is 0 Å². The van der Waals surface area contributed by atoms with Crippen LogP contribution in [0.5, 0.6) is 0 Å². The maximum absolute atomic E-state index is 6.46. The quantitative estimate of drug-likeness (QED) is 0.174. The van der Waals surface area contributed by atoms with E-state index in [0.29, 0.717) is 0 Å². The van der Waals surface area contributed by atoms with Crippen LogP contribution < -0.4 is 4.90 Å². The maximum atomic E-state index is 6.46. The molecule has 0 spiro atoms. The Hall–Kier alpha value is -6.94. The number of para-hydroxylation sites is 1. The summed E-state index contributed by atoms with van der Waals surface area (Å²) in [5.41, 5.74) is 15.2. The van der Waals surface area contributed by atoms with Gasteiger partial charge in [0.2, 0.25) is 0 Å². The van der Waals surface area contributed by atoms with Gasteiger partial charge < -0.3 is 9.32 Å². The van der Waals surface area contributed by atoms with E-state index >= 15 is 0 Å². The number of thiophene rings is 1. The van der Waals surface area contributed by atoms with Crippen LogP contribution in [0.4, 0.5) is 17.1 Å². The summed E-state index contributed by atoms with van der Waals surface area (Å²) in [6, 6.07) is 69.0. The lowest BCUT2D eigenvalue weighted by atomic mass is 9.82. The zero-order valence-electron chi connectivity index (χ0n) is 32.2. The van der Waals surface area contributed by atoms with Crippen LogP contribution in [0.1, 0.15) is 25.0 Å². The Labute approximate surface area is 340 Å². The lowest BCUT2D eigenvalue weighted by Crippen LogP contribution is -2.16. The largest absolute Gasteiger partial charge is 0.456 e. The first kappa shape index (κ1) is 33.2. The van der Waals surface area contributed by atoms with Gasteiger partial charge in [0, 0.05) is 59.5 Å². The summed E-state index contributed by atoms with van der Waals surface area (Å²) in [7, 11) is 0. The van der Waals surface area contributed by atoms with Crippen molar-refractivity contribution >= 4 is 81.3 Å². The molecule has 0 N–H and O–H groups in total. The molecular weight excluding hydrogens is 723 g/mol. The summed E-state index contributed by atoms with van der Waals surface area (Å²) < 4.78 is 9.07. The third-order valence-corrected chi connectivity index (χ3v) is 13.6. The van der Waals surface area contributed by atoms with Gasteiger partial charge in [-0.15, -0.1) is 11.3 Å². The van der Waals surface area contributed by atoms with E-state index in [-0.39, 0.29) is 5.41 Å². The molecule has 0 unspecified atom stereocenters. The lowest BCUT2D eigenvalue weighted by molar-refractivity contribution is 0.660. The SMILES string of the molecule is CC1(C)c2ccccc2-c2ccc(N(c3ccc(-c4ccc5sc6ccccc6c5c4-c4ccc5ccccc5c4)cc3)c3ccc4c(c3)oc3ccccc34)cc21. The van der Waals surface area contributed by atoms with Gasteiger partial charge in [-0.05, 0) is 116 Å². The number of fused-ring (bicyclic) bond motifs is 10. The van der Waals surface area contributed by atoms with Gasteiger partial charge >= 0.3 is 0 Å². The highest BCUT2D eigenvalue weighted by molar-refractivity contribution is 7.26. The highest BCUT2D eigenvalue weighted by Crippen LogP contribution is 2.51. The summed E-state index contributed by atoms with van der Waals surface area (Å²) >= 11 is 1.87. The molecule has 0 atom stereocenters. The smallest absolute Gasteiger partial charge is 0.137 e. The van der Waals surface area contributed by atoms with Crippen molar-refractivity contribution in [3.05, 3.63) is 199 Å². The third-order valence-electron chi connectivity index (χ3n) is 12.5. The lowest BCUT2D eigenvalue weighted by Gasteiger charge is -2.28. The first-order valence-electron chi connectivity index (χ1n) is 20.0. The van der Waals surface area contributed by atoms with Crippen LogP contribution in [0.15, 0.2) is 192 Å². The summed E-state index contributed by atoms with van der Waals surface area (Å²) in [5, 5.41) is 7.38. The maximum Gasteiger partial charge on any atom is 0.137 e. The molecule has 0 fully saturated rings. The molecule has 0 saturated heterocycles. The minimum atomic E-state index is -0.121. The predicted molar refractivity (Wildman–Crippen MR) is 247 cm³/mol. The van der Waals surface area contributed by atoms with Gasteiger partial charge in [-0.2, -0.15) is 0 Å². The summed E-state index contributed by atoms with van der Waals surface area (Å²) in [6.45, 7) is 4.70. The number of hydrogen-bond donors (Lipinski definition) is 0. The molecular formula is C55H37NOS. The average molecular weight is 760 g/mol. The molecule has 0 amide bonds. The molecule has 2 heterocycles. The van der Waals surface area contributed by atoms with Crippen LogP contribution in [0.25, 0.3) is 86.3 Å². The Morgan fingerprint density at radius 1 is 0.431 bits per heavy atom. The molecule has 2 aromatic heterocycles. The average Bonchev–Trinajstić information content (AvgIpc) is 3.91. The summed E-state index contributed by atoms with van der Waals surface area (Å²) in [4.78, 5) is 2.38. The number of benzene rings is 9. The van der Waals surface area contributed by atoms with Crippen molar-refractivity contribution in [1.82, 2.24) is 0 Å². The number of rotatable bonds is 5. The topological polar surface area (TPSA) is 16.4 Å². The van der Waals surface area contributed by atoms with E-state index in [1.54, 1.807) is 0 Å². The Bertz CT molecular complexity index is 3440. The molecule has 11 aromatic rings. The third kappa shape index (κ3) is 4.97. The molecule has 2 nitrogen and oxygen atoms in total. The molecule has 9 aromatic carbocycles. The molecule has 12 rings (SSSR count). The Morgan fingerprint density at radius 2 is 1.09 bits per heavy atom. The van der Waals surface area contributed by atoms with E-state index in [1.807, 2.05) is 23.5 Å². The number of anilines is 3. The van der Waals surface area contributed by atoms with Gasteiger partial charge in [-0.25, -0.2) is 0 Å². The molecule has 1 aliphatic rings. The van der Waals surface area contributed by atoms with Gasteiger partial charge in [0.1, 0.15) is 11.2 Å². The van der Waals surface area contributed by atoms with Crippen LogP contribution in [-0.4, -0.2) is 0 Å². The van der Waals surface area contributed by atoms with Crippen LogP contribution >= 0.6 is 11.3 Å². The van der Waals surface area contributed by atoms with Crippen LogP contribution in [0.2, 0.25) is 0 Å². The number of furan rings is 1. The van der Waals surface area contributed by atoms with E-state index in [4.69, 9.17) is 4.42 Å². The van der Waals surface area contributed by atoms with Crippen LogP contribution in [0, 0.1) is 0 Å². The molecule has 0 aliphatic heterocycles. The first-order valence-corrected chi connectivity index (χ1v) is 20.8. The van der Waals surface area contributed by atoms with Gasteiger partial charge in [0.15, 0.2) is 0 Å². The normalized spacial score (nSPS) is 13.1. The Morgan fingerprint density at radius 3 is 1.98 bits per heavy atom. The fraction of sp³-hybridized carbons (Fsp3) is 0.0545. The van der Waals surface area contributed by atoms with Crippen molar-refractivity contribution in [1.29, 1.82) is 0 Å². The van der Waals surface area contributed by atoms with Crippen LogP contribution in [0.3, 0.4) is 0 Å². The summed E-state index contributed by atoms with van der Waals surface area (Å²) in [5.74, 6) is 0. The van der Waals surface area contributed by atoms with Crippen molar-refractivity contribution in [2.75, 3.05) is 4.90 Å². The molecule has 58 heavy (non-hydrogen) atoms. The fourth-order valence-electron chi connectivity index (χ4n) is 9.62. The van der Waals surface area contributed by atoms with Crippen LogP contribution in [-0.2, 0) is 5.41 Å². The predicted octanol–water partition coefficient (Wildman–Crippen LogP) is 16.2. The summed E-state index contributed by atoms with van der Waals surface area (Å²) in [6.07, 6.45) is 0. The monoisotopic (exact) mass is 759 g/mol. The molecule has 1 aliphatic carbocycles. The zero-order valence-corrected chi connectivity index (χ0v) is 33.0. The zero-order chi connectivity index (χ0) is 38.5. The molecule has 0 bridgehead atoms. The molecule has 274 valence electrons. The van der Waals surface area contributed by atoms with Gasteiger partial charge in [-0.1, -0.05) is 135 Å². The fourth-order valence-corrected chi connectivity index (χ4v) is 10.7. The van der Waals surface area contributed by atoms with E-state index in [9.17, 15) is 0 Å². The first-order chi connectivity index (χ1) is 28.5. The minimum Gasteiger partial charge on any atom is -0.456 e. The molecule has 3 heteroatoms. The standard InChI is InChI=1S/C55H37NOS/c1-55(2)47-16-8-5-13-42(47)43-27-25-39(32-48(43)55)56(40-26-28-45-44-14-6-9-17-49(44)57-50(45)33-40)38-23-21-35(22-24-38)41-29-30-52-54(46-15-7-10-18-51(46)58-52)53(41)37-20-19-34-11-3-4-12-36(34)31-37/h3-33H,1-2H3. The minimum absolute atomic E-state index is 0.121. The van der Waals surface area contributed by atoms with Gasteiger partial charge in [-0.3, -0.25) is 0 Å². The van der Waals surface area contributed by atoms with Crippen molar-refractivity contribution < 1.29 is 4.42 Å². The van der Waals surface area contributed by atoms with E-state index < -0.39 is 0 Å². The number of hydrogen-bond acceptors (Lipinski definition) is 3. The van der Waals surface area contributed by atoms with Gasteiger partial charge in [0.05, 0.1) is 0 Å². The van der Waals surface area contributed by atoms with E-state index in [1.165, 1.54) is 75.5 Å². The second kappa shape index (κ2) is 12.5. The van der Waals surface area contributed by atoms with E-state index in [0.717, 1.165) is 39.0 Å². The highest BCUT2D eigenvalue weighted by Gasteiger charge is 2.35. The Kier molecular flexibility index (Phi) is 7.18. The molecule has 0 saturated carbocycles. The second-order valence-corrected chi connectivity index (χ2v) is 17.2. The van der Waals surface area contributed by atoms with E-state index in [2.05, 4.69) is 195 Å². The highest BCUT2D eigenvalue weighted by atomic mass is 32.1. The number of nitrogens with zero attached hydrogens (tertiary/aromatic N) is 1. The van der Waals surface area contributed by atoms with Gasteiger partial charge in [0.25, 0.3) is 0 Å².